The lowest BCUT2D eigenvalue weighted by molar-refractivity contribution is 0.0918. The van der Waals surface area contributed by atoms with Crippen molar-refractivity contribution in [2.24, 2.45) is 0 Å². The van der Waals surface area contributed by atoms with Gasteiger partial charge in [-0.15, -0.1) is 0 Å². The number of likely N-dealkylation sites (tertiary alicyclic amines) is 1. The molecule has 0 saturated carbocycles. The molecule has 4 N–H and O–H groups in total. The summed E-state index contributed by atoms with van der Waals surface area (Å²) < 4.78 is 0. The molecule has 156 valence electrons. The number of phenols is 1. The first-order chi connectivity index (χ1) is 14.3. The van der Waals surface area contributed by atoms with Crippen LogP contribution in [0.25, 0.3) is 28.3 Å². The number of aliphatic hydroxyl groups is 1. The number of H-pyrrole nitrogens is 1. The zero-order valence-corrected chi connectivity index (χ0v) is 16.7. The van der Waals surface area contributed by atoms with Gasteiger partial charge in [0.05, 0.1) is 22.6 Å². The number of rotatable bonds is 2. The molecule has 3 aromatic rings. The van der Waals surface area contributed by atoms with Gasteiger partial charge < -0.3 is 25.4 Å². The van der Waals surface area contributed by atoms with E-state index in [0.29, 0.717) is 6.26 Å². The Morgan fingerprint density at radius 1 is 1.23 bits per heavy atom. The monoisotopic (exact) mass is 410 g/mol. The molecule has 9 nitrogen and oxygen atoms in total. The third-order valence-corrected chi connectivity index (χ3v) is 5.71. The summed E-state index contributed by atoms with van der Waals surface area (Å²) in [4.78, 5) is 47.3. The van der Waals surface area contributed by atoms with Gasteiger partial charge in [-0.25, -0.2) is 4.98 Å². The molecule has 30 heavy (non-hydrogen) atoms. The summed E-state index contributed by atoms with van der Waals surface area (Å²) in [7, 11) is 2.03. The van der Waals surface area contributed by atoms with Crippen molar-refractivity contribution in [2.45, 2.75) is 25.8 Å². The van der Waals surface area contributed by atoms with Crippen molar-refractivity contribution in [1.82, 2.24) is 20.2 Å². The fourth-order valence-corrected chi connectivity index (χ4v) is 3.86. The number of benzene rings is 2. The van der Waals surface area contributed by atoms with Gasteiger partial charge in [-0.05, 0) is 52.0 Å². The zero-order chi connectivity index (χ0) is 21.6. The summed E-state index contributed by atoms with van der Waals surface area (Å²) in [6.07, 6.45) is 2.28. The minimum Gasteiger partial charge on any atom is -0.515 e. The molecule has 1 aliphatic heterocycles. The van der Waals surface area contributed by atoms with Crippen LogP contribution in [0, 0.1) is 6.92 Å². The Morgan fingerprint density at radius 3 is 2.60 bits per heavy atom. The van der Waals surface area contributed by atoms with Crippen molar-refractivity contribution in [3.63, 3.8) is 0 Å². The number of carbonyl (C=O) groups excluding carboxylic acids is 1. The van der Waals surface area contributed by atoms with E-state index in [2.05, 4.69) is 20.2 Å². The highest BCUT2D eigenvalue weighted by Gasteiger charge is 2.22. The third kappa shape index (κ3) is 3.17. The molecule has 1 amide bonds. The number of nitrogens with one attached hydrogen (secondary N) is 2. The van der Waals surface area contributed by atoms with Gasteiger partial charge >= 0.3 is 0 Å². The fraction of sp³-hybridized carbons (Fsp3) is 0.333. The maximum absolute atomic E-state index is 12.9. The van der Waals surface area contributed by atoms with Crippen LogP contribution in [0.5, 0.6) is 5.75 Å². The molecule has 0 atom stereocenters. The number of aromatic hydroxyl groups is 1. The number of amides is 1. The summed E-state index contributed by atoms with van der Waals surface area (Å²) in [5, 5.41) is 22.6. The lowest BCUT2D eigenvalue weighted by atomic mass is 10.0. The average Bonchev–Trinajstić information content (AvgIpc) is 2.74. The first-order valence-corrected chi connectivity index (χ1v) is 9.68. The molecule has 4 rings (SSSR count). The number of piperidine rings is 1. The van der Waals surface area contributed by atoms with Gasteiger partial charge in [0.25, 0.3) is 5.91 Å². The molecule has 2 aromatic carbocycles. The summed E-state index contributed by atoms with van der Waals surface area (Å²) in [5.41, 5.74) is -0.694. The number of hydrogen-bond donors (Lipinski definition) is 4. The Kier molecular flexibility index (Phi) is 4.90. The van der Waals surface area contributed by atoms with Gasteiger partial charge in [0.1, 0.15) is 22.3 Å². The van der Waals surface area contributed by atoms with E-state index in [4.69, 9.17) is 0 Å². The molecule has 2 heterocycles. The van der Waals surface area contributed by atoms with E-state index < -0.39 is 16.6 Å². The van der Waals surface area contributed by atoms with Crippen molar-refractivity contribution in [3.8, 4) is 5.75 Å². The molecule has 0 radical (unpaired) electrons. The van der Waals surface area contributed by atoms with Crippen molar-refractivity contribution < 1.29 is 15.0 Å². The summed E-state index contributed by atoms with van der Waals surface area (Å²) >= 11 is 0. The van der Waals surface area contributed by atoms with Crippen LogP contribution in [-0.4, -0.2) is 57.2 Å². The Hall–Kier alpha value is -3.46. The Balaban J connectivity index is 1.90. The predicted octanol–water partition coefficient (Wildman–Crippen LogP) is 0.289. The van der Waals surface area contributed by atoms with Crippen molar-refractivity contribution in [2.75, 3.05) is 20.1 Å². The van der Waals surface area contributed by atoms with Crippen LogP contribution in [0.2, 0.25) is 0 Å². The molecule has 1 aliphatic rings. The highest BCUT2D eigenvalue weighted by Crippen LogP contribution is 2.18. The highest BCUT2D eigenvalue weighted by atomic mass is 16.3. The molecule has 0 spiro atoms. The van der Waals surface area contributed by atoms with Crippen LogP contribution >= 0.6 is 0 Å². The number of fused-ring (bicyclic) bond motifs is 2. The minimum atomic E-state index is -0.527. The number of aromatic nitrogens is 2. The summed E-state index contributed by atoms with van der Waals surface area (Å²) in [6, 6.07) is 2.68. The maximum atomic E-state index is 12.9. The van der Waals surface area contributed by atoms with Crippen LogP contribution < -0.4 is 21.4 Å². The number of hydrogen-bond acceptors (Lipinski definition) is 7. The standard InChI is InChI=1S/C21H22N4O5/c1-10-19(28)13(9-26)16-18(20(10)29)24-15-12(3-4-14(27)17(15)23-16)21(30)22-11-5-7-25(2)8-6-11/h3-4,9,11,24,26,28H,5-8H2,1-2H3,(H,22,30)/b13-9-. The number of nitrogens with zero attached hydrogens (tertiary/aromatic N) is 2. The lowest BCUT2D eigenvalue weighted by Gasteiger charge is -2.29. The number of aromatic amines is 1. The van der Waals surface area contributed by atoms with Gasteiger partial charge in [-0.2, -0.15) is 0 Å². The van der Waals surface area contributed by atoms with Crippen LogP contribution in [0.4, 0.5) is 0 Å². The van der Waals surface area contributed by atoms with Crippen LogP contribution in [-0.2, 0) is 0 Å². The zero-order valence-electron chi connectivity index (χ0n) is 16.7. The lowest BCUT2D eigenvalue weighted by Crippen LogP contribution is -2.43. The van der Waals surface area contributed by atoms with E-state index in [-0.39, 0.29) is 50.4 Å². The molecule has 0 unspecified atom stereocenters. The second-order valence-corrected chi connectivity index (χ2v) is 7.69. The highest BCUT2D eigenvalue weighted by molar-refractivity contribution is 6.06. The van der Waals surface area contributed by atoms with Crippen molar-refractivity contribution in [1.29, 1.82) is 0 Å². The van der Waals surface area contributed by atoms with E-state index in [1.165, 1.54) is 19.1 Å². The molecule has 1 fully saturated rings. The Bertz CT molecular complexity index is 1340. The van der Waals surface area contributed by atoms with Gasteiger partial charge in [0, 0.05) is 11.6 Å². The van der Waals surface area contributed by atoms with Crippen molar-refractivity contribution in [3.05, 3.63) is 48.9 Å². The van der Waals surface area contributed by atoms with Gasteiger partial charge in [0.15, 0.2) is 0 Å². The molecule has 1 saturated heterocycles. The maximum Gasteiger partial charge on any atom is 0.253 e. The average molecular weight is 410 g/mol. The molecule has 9 heteroatoms. The summed E-state index contributed by atoms with van der Waals surface area (Å²) in [5.74, 6) is -0.761. The number of carbonyl (C=O) groups is 1. The molecule has 0 bridgehead atoms. The largest absolute Gasteiger partial charge is 0.515 e. The Morgan fingerprint density at radius 2 is 1.93 bits per heavy atom. The number of aliphatic hydroxyl groups excluding tert-OH is 1. The normalized spacial score (nSPS) is 16.4. The smallest absolute Gasteiger partial charge is 0.253 e. The van der Waals surface area contributed by atoms with Crippen LogP contribution in [0.15, 0.2) is 21.7 Å². The first-order valence-electron chi connectivity index (χ1n) is 9.68. The van der Waals surface area contributed by atoms with E-state index in [9.17, 15) is 24.6 Å². The predicted molar refractivity (Wildman–Crippen MR) is 113 cm³/mol. The van der Waals surface area contributed by atoms with Gasteiger partial charge in [-0.1, -0.05) is 0 Å². The van der Waals surface area contributed by atoms with Gasteiger partial charge in [-0.3, -0.25) is 14.4 Å². The van der Waals surface area contributed by atoms with E-state index in [0.717, 1.165) is 25.9 Å². The van der Waals surface area contributed by atoms with E-state index in [1.54, 1.807) is 0 Å². The second kappa shape index (κ2) is 7.42. The van der Waals surface area contributed by atoms with E-state index in [1.807, 2.05) is 7.05 Å². The number of phenolic OH excluding ortho intramolecular Hbond substituents is 1. The minimum absolute atomic E-state index is 0.00274. The topological polar surface area (TPSA) is 136 Å². The van der Waals surface area contributed by atoms with E-state index >= 15 is 0 Å². The quantitative estimate of drug-likeness (QED) is 0.446. The summed E-state index contributed by atoms with van der Waals surface area (Å²) in [6.45, 7) is 3.18. The van der Waals surface area contributed by atoms with Gasteiger partial charge in [0.2, 0.25) is 10.9 Å². The first kappa shape index (κ1) is 19.8. The van der Waals surface area contributed by atoms with Crippen molar-refractivity contribution >= 4 is 34.2 Å². The SMILES string of the molecule is Cc1c(O)/c(=C\O)c2nc3c(=O)ccc(C(=O)NC4CCN(C)CC4)c3[nH]c2c1=O. The molecular formula is C21H22N4O5. The second-order valence-electron chi connectivity index (χ2n) is 7.69. The Labute approximate surface area is 170 Å². The molecular weight excluding hydrogens is 388 g/mol. The third-order valence-electron chi connectivity index (χ3n) is 5.71. The van der Waals surface area contributed by atoms with Crippen LogP contribution in [0.3, 0.4) is 0 Å². The molecule has 0 aliphatic carbocycles. The van der Waals surface area contributed by atoms with Crippen LogP contribution in [0.1, 0.15) is 28.8 Å². The molecule has 1 aromatic heterocycles. The fourth-order valence-electron chi connectivity index (χ4n) is 3.86.